The van der Waals surface area contributed by atoms with Crippen molar-refractivity contribution in [2.24, 2.45) is 0 Å². The monoisotopic (exact) mass is 464 g/mol. The fraction of sp³-hybridized carbons (Fsp3) is 0.304. The number of allylic oxidation sites excluding steroid dienone is 4. The smallest absolute Gasteiger partial charge is 1.00 e. The van der Waals surface area contributed by atoms with E-state index in [9.17, 15) is 0 Å². The molecule has 0 heterocycles. The second kappa shape index (κ2) is 8.60. The molecule has 0 saturated heterocycles. The van der Waals surface area contributed by atoms with Gasteiger partial charge in [-0.3, -0.25) is 0 Å². The summed E-state index contributed by atoms with van der Waals surface area (Å²) in [6.45, 7) is 4.45. The van der Waals surface area contributed by atoms with Gasteiger partial charge >= 0.3 is 145 Å². The molecule has 0 bridgehead atoms. The molecule has 0 N–H and O–H groups in total. The average molecular weight is 467 g/mol. The summed E-state index contributed by atoms with van der Waals surface area (Å²) < 4.78 is 7.66. The van der Waals surface area contributed by atoms with Gasteiger partial charge in [-0.2, -0.15) is 0 Å². The van der Waals surface area contributed by atoms with Gasteiger partial charge in [-0.05, 0) is 0 Å². The van der Waals surface area contributed by atoms with Crippen LogP contribution in [0, 0.1) is 13.8 Å². The van der Waals surface area contributed by atoms with Crippen LogP contribution in [0.4, 0.5) is 0 Å². The number of halogens is 2. The standard InChI is InChI=1S/C15H13.C5H5.CH4.2CH3.2ClH.Zr/c1-10-3-5-14-12(7-10)9-13-8-11(2)4-6-15(13)14;1-2-4-5-3-1;;;;;;/h3-9H,1-2H3;1-3H,4H2;1H4;2*1H3;2*1H;/q;;;;;;;+2/p-2. The normalized spacial score (nSPS) is 13.9. The predicted octanol–water partition coefficient (Wildman–Crippen LogP) is 1.11. The van der Waals surface area contributed by atoms with Gasteiger partial charge in [0.25, 0.3) is 0 Å². The number of aryl methyl sites for hydroxylation is 2. The van der Waals surface area contributed by atoms with E-state index in [4.69, 9.17) is 0 Å². The van der Waals surface area contributed by atoms with Gasteiger partial charge in [0.1, 0.15) is 0 Å². The van der Waals surface area contributed by atoms with E-state index in [0.717, 1.165) is 0 Å². The Hall–Kier alpha value is -0.617. The van der Waals surface area contributed by atoms with E-state index in [1.807, 2.05) is 0 Å². The molecule has 0 radical (unpaired) electrons. The van der Waals surface area contributed by atoms with Crippen LogP contribution < -0.4 is 24.8 Å². The molecule has 0 atom stereocenters. The third-order valence-electron chi connectivity index (χ3n) is 5.65. The molecule has 0 nitrogen and oxygen atoms in total. The van der Waals surface area contributed by atoms with Crippen molar-refractivity contribution >= 4 is 0 Å². The number of fused-ring (bicyclic) bond motifs is 3. The van der Waals surface area contributed by atoms with Gasteiger partial charge in [-0.15, -0.1) is 0 Å². The Morgan fingerprint density at radius 2 is 1.35 bits per heavy atom. The molecule has 2 aromatic rings. The average Bonchev–Trinajstić information content (AvgIpc) is 3.12. The molecule has 0 saturated carbocycles. The first-order valence-electron chi connectivity index (χ1n) is 8.56. The van der Waals surface area contributed by atoms with Crippen LogP contribution in [0.2, 0.25) is 9.26 Å². The predicted molar refractivity (Wildman–Crippen MR) is 103 cm³/mol. The van der Waals surface area contributed by atoms with Crippen LogP contribution in [-0.4, -0.2) is 0 Å². The molecule has 2 aromatic carbocycles. The zero-order valence-corrected chi connectivity index (χ0v) is 19.2. The Labute approximate surface area is 176 Å². The first kappa shape index (κ1) is 23.4. The van der Waals surface area contributed by atoms with Crippen molar-refractivity contribution in [3.63, 3.8) is 0 Å². The van der Waals surface area contributed by atoms with Crippen LogP contribution in [0.15, 0.2) is 57.9 Å². The molecule has 0 amide bonds. The molecule has 0 aromatic heterocycles. The topological polar surface area (TPSA) is 0 Å². The van der Waals surface area contributed by atoms with Crippen LogP contribution in [0.3, 0.4) is 0 Å². The molecule has 0 spiro atoms. The zero-order valence-electron chi connectivity index (χ0n) is 15.2. The van der Waals surface area contributed by atoms with Gasteiger partial charge in [-0.25, -0.2) is 0 Å². The molecule has 0 fully saturated rings. The van der Waals surface area contributed by atoms with Crippen LogP contribution in [-0.2, 0) is 20.3 Å². The molecule has 3 heteroatoms. The fourth-order valence-electron chi connectivity index (χ4n) is 4.39. The first-order valence-corrected chi connectivity index (χ1v) is 16.1. The van der Waals surface area contributed by atoms with Crippen molar-refractivity contribution in [1.82, 2.24) is 0 Å². The van der Waals surface area contributed by atoms with Crippen LogP contribution >= 0.6 is 0 Å². The second-order valence-electron chi connectivity index (χ2n) is 7.66. The van der Waals surface area contributed by atoms with E-state index >= 15 is 0 Å². The van der Waals surface area contributed by atoms with Gasteiger partial charge in [0.05, 0.1) is 0 Å². The maximum absolute atomic E-state index is 2.63. The van der Waals surface area contributed by atoms with Crippen molar-refractivity contribution < 1.29 is 45.1 Å². The maximum Gasteiger partial charge on any atom is -1.00 e. The molecule has 2 aliphatic carbocycles. The van der Waals surface area contributed by atoms with Gasteiger partial charge in [0, 0.05) is 0 Å². The Balaban J connectivity index is 0.00000113. The van der Waals surface area contributed by atoms with E-state index in [1.165, 1.54) is 28.7 Å². The summed E-state index contributed by atoms with van der Waals surface area (Å²) in [4.78, 5) is 0. The molecular formula is C23H28Cl2Zr. The van der Waals surface area contributed by atoms with Crippen LogP contribution in [0.1, 0.15) is 39.7 Å². The van der Waals surface area contributed by atoms with Gasteiger partial charge < -0.3 is 24.8 Å². The number of benzene rings is 2. The van der Waals surface area contributed by atoms with Gasteiger partial charge in [0.15, 0.2) is 0 Å². The minimum Gasteiger partial charge on any atom is -1.00 e. The van der Waals surface area contributed by atoms with E-state index in [2.05, 4.69) is 77.7 Å². The summed E-state index contributed by atoms with van der Waals surface area (Å²) in [7, 11) is 0. The Kier molecular flexibility index (Phi) is 7.74. The summed E-state index contributed by atoms with van der Waals surface area (Å²) in [5, 5.41) is 0. The minimum absolute atomic E-state index is 0. The Bertz CT molecular complexity index is 811. The molecule has 26 heavy (non-hydrogen) atoms. The van der Waals surface area contributed by atoms with Crippen LogP contribution in [0.25, 0.3) is 11.1 Å². The van der Waals surface area contributed by atoms with Crippen molar-refractivity contribution in [2.75, 3.05) is 0 Å². The third-order valence-corrected chi connectivity index (χ3v) is 15.7. The van der Waals surface area contributed by atoms with E-state index in [1.54, 1.807) is 14.4 Å². The van der Waals surface area contributed by atoms with Crippen molar-refractivity contribution in [1.29, 1.82) is 0 Å². The maximum atomic E-state index is 2.63. The summed E-state index contributed by atoms with van der Waals surface area (Å²) in [5.41, 5.74) is 8.93. The molecule has 138 valence electrons. The van der Waals surface area contributed by atoms with Gasteiger partial charge in [0.2, 0.25) is 0 Å². The van der Waals surface area contributed by atoms with E-state index in [0.29, 0.717) is 3.63 Å². The van der Waals surface area contributed by atoms with Crippen molar-refractivity contribution in [3.8, 4) is 11.1 Å². The number of hydrogen-bond donors (Lipinski definition) is 0. The molecular weight excluding hydrogens is 438 g/mol. The molecule has 2 aliphatic rings. The third kappa shape index (κ3) is 3.69. The summed E-state index contributed by atoms with van der Waals surface area (Å²) in [5.74, 6) is 0. The summed E-state index contributed by atoms with van der Waals surface area (Å²) in [6, 6.07) is 14.1. The largest absolute Gasteiger partial charge is 1.00 e. The summed E-state index contributed by atoms with van der Waals surface area (Å²) >= 11 is -2.47. The van der Waals surface area contributed by atoms with Crippen LogP contribution in [0.5, 0.6) is 0 Å². The van der Waals surface area contributed by atoms with Crippen molar-refractivity contribution in [3.05, 3.63) is 80.2 Å². The Morgan fingerprint density at radius 1 is 0.846 bits per heavy atom. The number of hydrogen-bond acceptors (Lipinski definition) is 0. The fourth-order valence-corrected chi connectivity index (χ4v) is 13.2. The molecule has 0 unspecified atom stereocenters. The zero-order chi connectivity index (χ0) is 16.2. The van der Waals surface area contributed by atoms with E-state index < -0.39 is 20.3 Å². The molecule has 4 rings (SSSR count). The van der Waals surface area contributed by atoms with Crippen molar-refractivity contribution in [2.45, 2.75) is 40.6 Å². The SMILES string of the molecule is C.Cc1ccc2c(c1)[CH]([Zr+2]([CH3])([CH3])[C]1=CC=CC1)c1cc(C)ccc1-2.[Cl-].[Cl-]. The quantitative estimate of drug-likeness (QED) is 0.622. The molecule has 0 aliphatic heterocycles. The van der Waals surface area contributed by atoms with E-state index in [-0.39, 0.29) is 32.2 Å². The van der Waals surface area contributed by atoms with Gasteiger partial charge in [-0.1, -0.05) is 7.43 Å². The first-order chi connectivity index (χ1) is 11.0. The summed E-state index contributed by atoms with van der Waals surface area (Å²) in [6.07, 6.45) is 8.19. The Morgan fingerprint density at radius 3 is 1.77 bits per heavy atom. The number of rotatable bonds is 2. The second-order valence-corrected chi connectivity index (χ2v) is 19.1. The minimum atomic E-state index is -2.47.